The third-order valence-corrected chi connectivity index (χ3v) is 8.06. The summed E-state index contributed by atoms with van der Waals surface area (Å²) in [6.07, 6.45) is 7.52. The van der Waals surface area contributed by atoms with Crippen molar-refractivity contribution in [2.45, 2.75) is 48.7 Å². The van der Waals surface area contributed by atoms with Crippen LogP contribution in [0.4, 0.5) is 0 Å². The minimum absolute atomic E-state index is 0.109. The monoisotopic (exact) mass is 318 g/mol. The Balaban J connectivity index is 1.65. The van der Waals surface area contributed by atoms with Crippen LogP contribution in [0.3, 0.4) is 0 Å². The van der Waals surface area contributed by atoms with E-state index in [-0.39, 0.29) is 5.56 Å². The molecule has 5 heteroatoms. The van der Waals surface area contributed by atoms with E-state index in [1.54, 1.807) is 11.3 Å². The highest BCUT2D eigenvalue weighted by Crippen LogP contribution is 2.52. The van der Waals surface area contributed by atoms with Crippen LogP contribution in [0.25, 0.3) is 10.2 Å². The molecule has 0 saturated heterocycles. The molecule has 5 rings (SSSR count). The molecule has 21 heavy (non-hydrogen) atoms. The second-order valence-electron chi connectivity index (χ2n) is 6.73. The third kappa shape index (κ3) is 1.86. The van der Waals surface area contributed by atoms with Gasteiger partial charge in [-0.05, 0) is 55.3 Å². The Bertz CT molecular complexity index is 778. The summed E-state index contributed by atoms with van der Waals surface area (Å²) in [5.41, 5.74) is 1.37. The Morgan fingerprint density at radius 3 is 3.00 bits per heavy atom. The van der Waals surface area contributed by atoms with Crippen LogP contribution in [0.15, 0.2) is 9.00 Å². The first kappa shape index (κ1) is 12.7. The van der Waals surface area contributed by atoms with E-state index in [0.717, 1.165) is 34.3 Å². The lowest BCUT2D eigenvalue weighted by atomic mass is 9.88. The van der Waals surface area contributed by atoms with Crippen molar-refractivity contribution in [2.75, 3.05) is 5.75 Å². The quantitative estimate of drug-likeness (QED) is 0.866. The number of thiophene rings is 1. The van der Waals surface area contributed by atoms with Crippen molar-refractivity contribution in [3.63, 3.8) is 0 Å². The lowest BCUT2D eigenvalue weighted by Gasteiger charge is -2.20. The number of nitrogens with one attached hydrogen (secondary N) is 1. The molecule has 0 amide bonds. The highest BCUT2D eigenvalue weighted by molar-refractivity contribution is 8.01. The fourth-order valence-corrected chi connectivity index (χ4v) is 7.11. The summed E-state index contributed by atoms with van der Waals surface area (Å²) in [6, 6.07) is 0. The molecule has 0 radical (unpaired) electrons. The molecular weight excluding hydrogens is 300 g/mol. The first-order valence-corrected chi connectivity index (χ1v) is 9.78. The smallest absolute Gasteiger partial charge is 0.259 e. The van der Waals surface area contributed by atoms with Crippen LogP contribution in [0, 0.1) is 11.8 Å². The number of aromatic nitrogens is 2. The van der Waals surface area contributed by atoms with E-state index in [2.05, 4.69) is 4.98 Å². The zero-order chi connectivity index (χ0) is 14.0. The van der Waals surface area contributed by atoms with Crippen LogP contribution in [0.1, 0.15) is 49.4 Å². The fourth-order valence-electron chi connectivity index (χ4n) is 4.57. The molecule has 3 heterocycles. The van der Waals surface area contributed by atoms with E-state index in [1.165, 1.54) is 47.6 Å². The molecule has 2 bridgehead atoms. The van der Waals surface area contributed by atoms with Crippen molar-refractivity contribution in [1.82, 2.24) is 9.97 Å². The van der Waals surface area contributed by atoms with E-state index in [9.17, 15) is 4.79 Å². The SMILES string of the molecule is O=c1[nH]c([C@@H]2C[C@H]3CC[C@H]2C3)nc2sc3c(c12)CCCS3. The molecule has 110 valence electrons. The van der Waals surface area contributed by atoms with Gasteiger partial charge in [-0.25, -0.2) is 4.98 Å². The van der Waals surface area contributed by atoms with Gasteiger partial charge in [0.15, 0.2) is 0 Å². The average molecular weight is 318 g/mol. The Labute approximate surface area is 131 Å². The minimum Gasteiger partial charge on any atom is -0.310 e. The van der Waals surface area contributed by atoms with Crippen molar-refractivity contribution in [3.8, 4) is 0 Å². The summed E-state index contributed by atoms with van der Waals surface area (Å²) >= 11 is 3.64. The van der Waals surface area contributed by atoms with Gasteiger partial charge in [0.05, 0.1) is 9.60 Å². The minimum atomic E-state index is 0.109. The molecule has 0 aromatic carbocycles. The summed E-state index contributed by atoms with van der Waals surface area (Å²) in [4.78, 5) is 21.6. The number of hydrogen-bond acceptors (Lipinski definition) is 4. The number of nitrogens with zero attached hydrogens (tertiary/aromatic N) is 1. The van der Waals surface area contributed by atoms with Crippen molar-refractivity contribution >= 4 is 33.3 Å². The normalized spacial score (nSPS) is 31.0. The van der Waals surface area contributed by atoms with Crippen molar-refractivity contribution in [3.05, 3.63) is 21.7 Å². The number of aromatic amines is 1. The van der Waals surface area contributed by atoms with Gasteiger partial charge in [0, 0.05) is 5.92 Å². The molecule has 3 nitrogen and oxygen atoms in total. The maximum Gasteiger partial charge on any atom is 0.259 e. The zero-order valence-electron chi connectivity index (χ0n) is 11.9. The topological polar surface area (TPSA) is 45.8 Å². The van der Waals surface area contributed by atoms with Gasteiger partial charge in [-0.2, -0.15) is 0 Å². The number of aryl methyl sites for hydroxylation is 1. The molecule has 0 spiro atoms. The van der Waals surface area contributed by atoms with Crippen molar-refractivity contribution in [1.29, 1.82) is 0 Å². The van der Waals surface area contributed by atoms with Gasteiger partial charge in [0.1, 0.15) is 10.7 Å². The predicted molar refractivity (Wildman–Crippen MR) is 87.5 cm³/mol. The molecule has 2 aliphatic carbocycles. The van der Waals surface area contributed by atoms with E-state index in [4.69, 9.17) is 4.98 Å². The summed E-state index contributed by atoms with van der Waals surface area (Å²) in [6.45, 7) is 0. The van der Waals surface area contributed by atoms with Gasteiger partial charge < -0.3 is 4.98 Å². The second kappa shape index (κ2) is 4.59. The summed E-state index contributed by atoms with van der Waals surface area (Å²) in [5.74, 6) is 4.31. The number of H-pyrrole nitrogens is 1. The molecule has 2 fully saturated rings. The van der Waals surface area contributed by atoms with E-state index >= 15 is 0 Å². The highest BCUT2D eigenvalue weighted by atomic mass is 32.2. The number of fused-ring (bicyclic) bond motifs is 5. The van der Waals surface area contributed by atoms with E-state index in [1.807, 2.05) is 11.8 Å². The Hall–Kier alpha value is -0.810. The van der Waals surface area contributed by atoms with Crippen LogP contribution in [0.5, 0.6) is 0 Å². The van der Waals surface area contributed by atoms with E-state index in [0.29, 0.717) is 5.92 Å². The molecule has 0 unspecified atom stereocenters. The number of hydrogen-bond donors (Lipinski definition) is 1. The molecule has 2 saturated carbocycles. The number of rotatable bonds is 1. The third-order valence-electron chi connectivity index (χ3n) is 5.54. The first-order valence-electron chi connectivity index (χ1n) is 7.98. The average Bonchev–Trinajstić information content (AvgIpc) is 3.19. The standard InChI is InChI=1S/C16H18N2OS2/c19-14-12-10-2-1-5-20-16(10)21-15(12)18-13(17-14)11-7-8-3-4-9(11)6-8/h8-9,11H,1-7H2,(H,17,18,19)/t8-,9-,11+/m0/s1. The molecule has 3 aliphatic rings. The van der Waals surface area contributed by atoms with Crippen LogP contribution < -0.4 is 5.56 Å². The van der Waals surface area contributed by atoms with Crippen LogP contribution in [-0.2, 0) is 6.42 Å². The Kier molecular flexibility index (Phi) is 2.78. The van der Waals surface area contributed by atoms with Gasteiger partial charge in [-0.3, -0.25) is 4.79 Å². The molecule has 1 aliphatic heterocycles. The summed E-state index contributed by atoms with van der Waals surface area (Å²) in [5, 5.41) is 0.883. The maximum absolute atomic E-state index is 12.6. The molecular formula is C16H18N2OS2. The lowest BCUT2D eigenvalue weighted by Crippen LogP contribution is -2.18. The van der Waals surface area contributed by atoms with Gasteiger partial charge in [-0.1, -0.05) is 6.42 Å². The number of thioether (sulfide) groups is 1. The van der Waals surface area contributed by atoms with Gasteiger partial charge in [0.25, 0.3) is 5.56 Å². The second-order valence-corrected chi connectivity index (χ2v) is 9.10. The van der Waals surface area contributed by atoms with Gasteiger partial charge in [0.2, 0.25) is 0 Å². The molecule has 3 atom stereocenters. The highest BCUT2D eigenvalue weighted by Gasteiger charge is 2.41. The Morgan fingerprint density at radius 2 is 2.19 bits per heavy atom. The lowest BCUT2D eigenvalue weighted by molar-refractivity contribution is 0.406. The molecule has 1 N–H and O–H groups in total. The van der Waals surface area contributed by atoms with E-state index < -0.39 is 0 Å². The fraction of sp³-hybridized carbons (Fsp3) is 0.625. The maximum atomic E-state index is 12.6. The van der Waals surface area contributed by atoms with Crippen molar-refractivity contribution in [2.24, 2.45) is 11.8 Å². The summed E-state index contributed by atoms with van der Waals surface area (Å²) in [7, 11) is 0. The molecule has 2 aromatic heterocycles. The summed E-state index contributed by atoms with van der Waals surface area (Å²) < 4.78 is 1.33. The van der Waals surface area contributed by atoms with Crippen LogP contribution >= 0.6 is 23.1 Å². The van der Waals surface area contributed by atoms with Gasteiger partial charge >= 0.3 is 0 Å². The van der Waals surface area contributed by atoms with Gasteiger partial charge in [-0.15, -0.1) is 23.1 Å². The Morgan fingerprint density at radius 1 is 1.24 bits per heavy atom. The first-order chi connectivity index (χ1) is 10.3. The predicted octanol–water partition coefficient (Wildman–Crippen LogP) is 3.93. The van der Waals surface area contributed by atoms with Crippen LogP contribution in [0.2, 0.25) is 0 Å². The van der Waals surface area contributed by atoms with Crippen LogP contribution in [-0.4, -0.2) is 15.7 Å². The largest absolute Gasteiger partial charge is 0.310 e. The zero-order valence-corrected chi connectivity index (χ0v) is 13.5. The van der Waals surface area contributed by atoms with Crippen molar-refractivity contribution < 1.29 is 0 Å². The molecule has 2 aromatic rings.